The van der Waals surface area contributed by atoms with Gasteiger partial charge in [-0.1, -0.05) is 12.1 Å². The molecule has 5 heteroatoms. The summed E-state index contributed by atoms with van der Waals surface area (Å²) in [5, 5.41) is 5.57. The molecule has 0 heterocycles. The van der Waals surface area contributed by atoms with Crippen molar-refractivity contribution in [3.05, 3.63) is 35.4 Å². The van der Waals surface area contributed by atoms with Crippen molar-refractivity contribution in [2.24, 2.45) is 0 Å². The Balaban J connectivity index is 2.74. The predicted octanol–water partition coefficient (Wildman–Crippen LogP) is 1.00. The molecule has 0 saturated heterocycles. The van der Waals surface area contributed by atoms with Gasteiger partial charge in [-0.3, -0.25) is 9.59 Å². The Hall–Kier alpha value is -1.88. The molecule has 2 N–H and O–H groups in total. The fraction of sp³-hybridized carbons (Fsp3) is 0.467. The summed E-state index contributed by atoms with van der Waals surface area (Å²) in [6, 6.07) is 7.24. The molecule has 0 aliphatic carbocycles. The van der Waals surface area contributed by atoms with E-state index in [2.05, 4.69) is 10.6 Å². The Kier molecular flexibility index (Phi) is 5.27. The van der Waals surface area contributed by atoms with Gasteiger partial charge in [0.15, 0.2) is 0 Å². The summed E-state index contributed by atoms with van der Waals surface area (Å²) in [7, 11) is 5.14. The molecule has 0 aromatic heterocycles. The first-order chi connectivity index (χ1) is 9.31. The normalized spacial score (nSPS) is 11.1. The van der Waals surface area contributed by atoms with Crippen LogP contribution in [0.25, 0.3) is 0 Å². The molecule has 20 heavy (non-hydrogen) atoms. The number of carbonyl (C=O) groups excluding carboxylic acids is 2. The van der Waals surface area contributed by atoms with Crippen LogP contribution in [0.1, 0.15) is 29.8 Å². The number of nitrogens with one attached hydrogen (secondary N) is 2. The van der Waals surface area contributed by atoms with Crippen LogP contribution in [0.5, 0.6) is 0 Å². The molecule has 0 saturated carbocycles. The van der Waals surface area contributed by atoms with Gasteiger partial charge < -0.3 is 15.5 Å². The van der Waals surface area contributed by atoms with Crippen LogP contribution >= 0.6 is 0 Å². The van der Waals surface area contributed by atoms with Gasteiger partial charge in [-0.2, -0.15) is 0 Å². The van der Waals surface area contributed by atoms with Gasteiger partial charge in [-0.05, 0) is 38.6 Å². The van der Waals surface area contributed by atoms with Crippen molar-refractivity contribution in [1.29, 1.82) is 0 Å². The molecule has 0 bridgehead atoms. The summed E-state index contributed by atoms with van der Waals surface area (Å²) in [5.41, 5.74) is 1.01. The maximum absolute atomic E-state index is 12.2. The molecule has 5 nitrogen and oxygen atoms in total. The molecule has 0 fully saturated rings. The van der Waals surface area contributed by atoms with E-state index in [1.807, 2.05) is 26.0 Å². The van der Waals surface area contributed by atoms with Crippen molar-refractivity contribution < 1.29 is 9.59 Å². The molecule has 0 radical (unpaired) electrons. The maximum Gasteiger partial charge on any atom is 0.251 e. The number of hydrogen-bond acceptors (Lipinski definition) is 3. The zero-order valence-electron chi connectivity index (χ0n) is 12.8. The Morgan fingerprint density at radius 1 is 1.15 bits per heavy atom. The van der Waals surface area contributed by atoms with Gasteiger partial charge in [-0.15, -0.1) is 0 Å². The summed E-state index contributed by atoms with van der Waals surface area (Å²) in [6.07, 6.45) is 0. The lowest BCUT2D eigenvalue weighted by atomic mass is 10.0. The molecule has 0 aliphatic rings. The highest BCUT2D eigenvalue weighted by molar-refractivity contribution is 5.94. The molecular weight excluding hydrogens is 254 g/mol. The third-order valence-electron chi connectivity index (χ3n) is 3.37. The summed E-state index contributed by atoms with van der Waals surface area (Å²) in [5.74, 6) is -0.0901. The van der Waals surface area contributed by atoms with Crippen LogP contribution in [-0.2, 0) is 11.3 Å². The third kappa shape index (κ3) is 3.81. The number of nitrogens with zero attached hydrogens (tertiary/aromatic N) is 1. The van der Waals surface area contributed by atoms with Gasteiger partial charge in [0.25, 0.3) is 5.91 Å². The SMILES string of the molecule is CNC(=O)c1ccc(CN(C)C(=O)C(C)(C)NC)cc1. The maximum atomic E-state index is 12.2. The third-order valence-corrected chi connectivity index (χ3v) is 3.37. The number of benzene rings is 1. The van der Waals surface area contributed by atoms with Gasteiger partial charge in [0.2, 0.25) is 5.91 Å². The van der Waals surface area contributed by atoms with Gasteiger partial charge in [-0.25, -0.2) is 0 Å². The summed E-state index contributed by atoms with van der Waals surface area (Å²) >= 11 is 0. The molecule has 0 spiro atoms. The zero-order chi connectivity index (χ0) is 15.3. The standard InChI is InChI=1S/C15H23N3O2/c1-15(2,17-4)14(20)18(5)10-11-6-8-12(9-7-11)13(19)16-3/h6-9,17H,10H2,1-5H3,(H,16,19). The van der Waals surface area contributed by atoms with E-state index in [0.717, 1.165) is 5.56 Å². The molecule has 0 aliphatic heterocycles. The van der Waals surface area contributed by atoms with E-state index < -0.39 is 5.54 Å². The summed E-state index contributed by atoms with van der Waals surface area (Å²) < 4.78 is 0. The molecule has 1 rings (SSSR count). The smallest absolute Gasteiger partial charge is 0.251 e. The van der Waals surface area contributed by atoms with Crippen molar-refractivity contribution in [1.82, 2.24) is 15.5 Å². The Morgan fingerprint density at radius 2 is 1.70 bits per heavy atom. The molecule has 110 valence electrons. The highest BCUT2D eigenvalue weighted by Crippen LogP contribution is 2.11. The van der Waals surface area contributed by atoms with Crippen molar-refractivity contribution in [3.63, 3.8) is 0 Å². The van der Waals surface area contributed by atoms with E-state index in [9.17, 15) is 9.59 Å². The molecule has 2 amide bonds. The minimum atomic E-state index is -0.587. The van der Waals surface area contributed by atoms with Crippen LogP contribution in [0.15, 0.2) is 24.3 Å². The summed E-state index contributed by atoms with van der Waals surface area (Å²) in [6.45, 7) is 4.21. The van der Waals surface area contributed by atoms with Gasteiger partial charge in [0, 0.05) is 26.2 Å². The molecule has 1 aromatic carbocycles. The number of likely N-dealkylation sites (N-methyl/N-ethyl adjacent to an activating group) is 2. The van der Waals surface area contributed by atoms with Gasteiger partial charge in [0.05, 0.1) is 5.54 Å². The fourth-order valence-corrected chi connectivity index (χ4v) is 1.84. The topological polar surface area (TPSA) is 61.4 Å². The molecule has 0 unspecified atom stereocenters. The van der Waals surface area contributed by atoms with Gasteiger partial charge in [0.1, 0.15) is 0 Å². The van der Waals surface area contributed by atoms with E-state index >= 15 is 0 Å². The second-order valence-electron chi connectivity index (χ2n) is 5.31. The lowest BCUT2D eigenvalue weighted by Crippen LogP contribution is -2.51. The quantitative estimate of drug-likeness (QED) is 0.844. The van der Waals surface area contributed by atoms with Crippen molar-refractivity contribution >= 4 is 11.8 Å². The Bertz CT molecular complexity index is 480. The van der Waals surface area contributed by atoms with Crippen LogP contribution in [0.2, 0.25) is 0 Å². The first kappa shape index (κ1) is 16.2. The first-order valence-electron chi connectivity index (χ1n) is 6.57. The zero-order valence-corrected chi connectivity index (χ0v) is 12.8. The molecular formula is C15H23N3O2. The predicted molar refractivity (Wildman–Crippen MR) is 79.4 cm³/mol. The first-order valence-corrected chi connectivity index (χ1v) is 6.57. The second-order valence-corrected chi connectivity index (χ2v) is 5.31. The minimum Gasteiger partial charge on any atom is -0.355 e. The monoisotopic (exact) mass is 277 g/mol. The van der Waals surface area contributed by atoms with Crippen molar-refractivity contribution in [2.45, 2.75) is 25.9 Å². The van der Waals surface area contributed by atoms with E-state index in [1.54, 1.807) is 38.2 Å². The second kappa shape index (κ2) is 6.52. The van der Waals surface area contributed by atoms with Crippen LogP contribution < -0.4 is 10.6 Å². The van der Waals surface area contributed by atoms with Crippen molar-refractivity contribution in [2.75, 3.05) is 21.1 Å². The number of rotatable bonds is 5. The van der Waals surface area contributed by atoms with E-state index in [-0.39, 0.29) is 11.8 Å². The average molecular weight is 277 g/mol. The summed E-state index contributed by atoms with van der Waals surface area (Å²) in [4.78, 5) is 25.3. The van der Waals surface area contributed by atoms with Crippen LogP contribution in [0.3, 0.4) is 0 Å². The molecule has 0 atom stereocenters. The average Bonchev–Trinajstić information content (AvgIpc) is 2.46. The van der Waals surface area contributed by atoms with Crippen LogP contribution in [0.4, 0.5) is 0 Å². The lowest BCUT2D eigenvalue weighted by Gasteiger charge is -2.29. The van der Waals surface area contributed by atoms with E-state index in [1.165, 1.54) is 0 Å². The number of amides is 2. The highest BCUT2D eigenvalue weighted by Gasteiger charge is 2.28. The number of carbonyl (C=O) groups is 2. The minimum absolute atomic E-state index is 0.0235. The largest absolute Gasteiger partial charge is 0.355 e. The van der Waals surface area contributed by atoms with Gasteiger partial charge >= 0.3 is 0 Å². The van der Waals surface area contributed by atoms with E-state index in [0.29, 0.717) is 12.1 Å². The lowest BCUT2D eigenvalue weighted by molar-refractivity contribution is -0.136. The van der Waals surface area contributed by atoms with Crippen molar-refractivity contribution in [3.8, 4) is 0 Å². The molecule has 1 aromatic rings. The van der Waals surface area contributed by atoms with Crippen LogP contribution in [0, 0.1) is 0 Å². The Morgan fingerprint density at radius 3 is 2.15 bits per heavy atom. The fourth-order valence-electron chi connectivity index (χ4n) is 1.84. The van der Waals surface area contributed by atoms with Crippen LogP contribution in [-0.4, -0.2) is 43.4 Å². The van der Waals surface area contributed by atoms with E-state index in [4.69, 9.17) is 0 Å². The highest BCUT2D eigenvalue weighted by atomic mass is 16.2. The Labute approximate surface area is 120 Å². The number of hydrogen-bond donors (Lipinski definition) is 2.